The fourth-order valence-electron chi connectivity index (χ4n) is 3.94. The van der Waals surface area contributed by atoms with Gasteiger partial charge in [-0.3, -0.25) is 14.4 Å². The number of nitrogens with one attached hydrogen (secondary N) is 2. The highest BCUT2D eigenvalue weighted by atomic mass is 16.6. The number of hydrogen-bond donors (Lipinski definition) is 4. The number of benzene rings is 1. The molecule has 0 aliphatic heterocycles. The summed E-state index contributed by atoms with van der Waals surface area (Å²) in [5, 5.41) is 15.2. The summed E-state index contributed by atoms with van der Waals surface area (Å²) in [7, 11) is 0. The molecule has 0 aromatic heterocycles. The van der Waals surface area contributed by atoms with Gasteiger partial charge >= 0.3 is 6.09 Å². The molecule has 1 aromatic rings. The maximum absolute atomic E-state index is 13.9. The largest absolute Gasteiger partial charge is 0.508 e. The molecular weight excluding hydrogens is 488 g/mol. The van der Waals surface area contributed by atoms with Crippen molar-refractivity contribution in [2.24, 2.45) is 5.73 Å². The summed E-state index contributed by atoms with van der Waals surface area (Å²) in [4.78, 5) is 53.2. The van der Waals surface area contributed by atoms with E-state index >= 15 is 0 Å². The minimum Gasteiger partial charge on any atom is -0.508 e. The summed E-state index contributed by atoms with van der Waals surface area (Å²) in [6.45, 7) is 9.84. The molecule has 0 saturated carbocycles. The summed E-state index contributed by atoms with van der Waals surface area (Å²) in [5.41, 5.74) is 5.10. The van der Waals surface area contributed by atoms with Gasteiger partial charge in [0, 0.05) is 13.1 Å². The molecule has 38 heavy (non-hydrogen) atoms. The molecule has 1 rings (SSSR count). The molecule has 10 nitrogen and oxygen atoms in total. The predicted molar refractivity (Wildman–Crippen MR) is 146 cm³/mol. The Balaban J connectivity index is 3.41. The summed E-state index contributed by atoms with van der Waals surface area (Å²) < 4.78 is 5.29. The molecule has 1 aromatic carbocycles. The molecule has 0 heterocycles. The average molecular weight is 535 g/mol. The van der Waals surface area contributed by atoms with Crippen LogP contribution in [0.5, 0.6) is 5.75 Å². The number of hydrogen-bond acceptors (Lipinski definition) is 6. The van der Waals surface area contributed by atoms with Crippen molar-refractivity contribution in [3.05, 3.63) is 29.8 Å². The molecule has 0 spiro atoms. The Bertz CT molecular complexity index is 898. The average Bonchev–Trinajstić information content (AvgIpc) is 2.82. The number of aromatic hydroxyl groups is 1. The van der Waals surface area contributed by atoms with Crippen LogP contribution in [0.4, 0.5) is 4.79 Å². The van der Waals surface area contributed by atoms with E-state index in [0.29, 0.717) is 18.5 Å². The van der Waals surface area contributed by atoms with Crippen molar-refractivity contribution in [1.29, 1.82) is 0 Å². The Morgan fingerprint density at radius 2 is 1.58 bits per heavy atom. The first-order chi connectivity index (χ1) is 17.9. The molecule has 0 fully saturated rings. The Morgan fingerprint density at radius 1 is 0.974 bits per heavy atom. The highest BCUT2D eigenvalue weighted by molar-refractivity contribution is 5.94. The van der Waals surface area contributed by atoms with Crippen molar-refractivity contribution in [1.82, 2.24) is 15.5 Å². The minimum absolute atomic E-state index is 0.0230. The first-order valence-corrected chi connectivity index (χ1v) is 13.5. The lowest BCUT2D eigenvalue weighted by atomic mass is 10.0. The van der Waals surface area contributed by atoms with E-state index in [9.17, 15) is 24.3 Å². The Kier molecular flexibility index (Phi) is 14.2. The quantitative estimate of drug-likeness (QED) is 0.236. The van der Waals surface area contributed by atoms with Gasteiger partial charge in [0.1, 0.15) is 23.4 Å². The van der Waals surface area contributed by atoms with E-state index in [1.165, 1.54) is 17.0 Å². The molecule has 0 radical (unpaired) electrons. The van der Waals surface area contributed by atoms with E-state index in [2.05, 4.69) is 24.5 Å². The van der Waals surface area contributed by atoms with Gasteiger partial charge in [0.25, 0.3) is 0 Å². The number of ether oxygens (including phenoxy) is 1. The van der Waals surface area contributed by atoms with Gasteiger partial charge in [0.05, 0.1) is 6.42 Å². The Hall–Kier alpha value is -3.30. The second-order valence-corrected chi connectivity index (χ2v) is 10.5. The molecule has 0 aliphatic carbocycles. The normalized spacial score (nSPS) is 12.8. The third-order valence-corrected chi connectivity index (χ3v) is 5.78. The third kappa shape index (κ3) is 12.3. The van der Waals surface area contributed by atoms with Crippen LogP contribution in [0.1, 0.15) is 97.6 Å². The van der Waals surface area contributed by atoms with Crippen LogP contribution in [-0.4, -0.2) is 58.6 Å². The van der Waals surface area contributed by atoms with Crippen molar-refractivity contribution < 1.29 is 29.0 Å². The van der Waals surface area contributed by atoms with Crippen molar-refractivity contribution in [2.45, 2.75) is 104 Å². The van der Waals surface area contributed by atoms with Gasteiger partial charge < -0.3 is 31.1 Å². The number of carbonyl (C=O) groups is 4. The number of nitrogens with two attached hydrogens (primary N) is 1. The van der Waals surface area contributed by atoms with Crippen LogP contribution < -0.4 is 16.4 Å². The lowest BCUT2D eigenvalue weighted by molar-refractivity contribution is -0.143. The molecule has 2 atom stereocenters. The van der Waals surface area contributed by atoms with Gasteiger partial charge in [-0.1, -0.05) is 58.1 Å². The summed E-state index contributed by atoms with van der Waals surface area (Å²) in [5.74, 6) is -1.76. The maximum atomic E-state index is 13.9. The predicted octanol–water partition coefficient (Wildman–Crippen LogP) is 3.92. The van der Waals surface area contributed by atoms with Crippen LogP contribution in [-0.2, 0) is 19.1 Å². The van der Waals surface area contributed by atoms with Crippen LogP contribution in [0.2, 0.25) is 0 Å². The van der Waals surface area contributed by atoms with Crippen LogP contribution in [0, 0.1) is 0 Å². The number of rotatable bonds is 16. The molecular formula is C28H46N4O6. The van der Waals surface area contributed by atoms with Crippen LogP contribution >= 0.6 is 0 Å². The van der Waals surface area contributed by atoms with Crippen LogP contribution in [0.3, 0.4) is 0 Å². The maximum Gasteiger partial charge on any atom is 0.408 e. The summed E-state index contributed by atoms with van der Waals surface area (Å²) in [6.07, 6.45) is 4.80. The number of unbranched alkanes of at least 4 members (excludes halogenated alkanes) is 5. The number of phenols is 1. The lowest BCUT2D eigenvalue weighted by Gasteiger charge is -2.34. The topological polar surface area (TPSA) is 151 Å². The second-order valence-electron chi connectivity index (χ2n) is 10.5. The Morgan fingerprint density at radius 3 is 2.13 bits per heavy atom. The van der Waals surface area contributed by atoms with Crippen molar-refractivity contribution >= 4 is 23.8 Å². The van der Waals surface area contributed by atoms with Crippen molar-refractivity contribution in [3.8, 4) is 5.75 Å². The molecule has 0 aliphatic rings. The monoisotopic (exact) mass is 534 g/mol. The van der Waals surface area contributed by atoms with Crippen LogP contribution in [0.25, 0.3) is 0 Å². The summed E-state index contributed by atoms with van der Waals surface area (Å²) >= 11 is 0. The molecule has 10 heteroatoms. The first kappa shape index (κ1) is 32.7. The van der Waals surface area contributed by atoms with E-state index in [1.807, 2.05) is 0 Å². The van der Waals surface area contributed by atoms with Crippen molar-refractivity contribution in [2.75, 3.05) is 13.1 Å². The number of alkyl carbamates (subject to hydrolysis) is 1. The fourth-order valence-corrected chi connectivity index (χ4v) is 3.94. The zero-order valence-electron chi connectivity index (χ0n) is 23.5. The molecule has 2 unspecified atom stereocenters. The van der Waals surface area contributed by atoms with E-state index in [0.717, 1.165) is 38.5 Å². The third-order valence-electron chi connectivity index (χ3n) is 5.78. The smallest absolute Gasteiger partial charge is 0.408 e. The van der Waals surface area contributed by atoms with E-state index in [1.54, 1.807) is 32.9 Å². The first-order valence-electron chi connectivity index (χ1n) is 13.5. The number of carbonyl (C=O) groups excluding carboxylic acids is 4. The SMILES string of the molecule is CCCCCCN(C(=O)C(CC(N)=O)NC(=O)OC(C)(C)C)C(C(=O)NCCCCC)c1ccc(O)cc1. The van der Waals surface area contributed by atoms with Gasteiger partial charge in [0.15, 0.2) is 0 Å². The molecule has 4 amide bonds. The fraction of sp³-hybridized carbons (Fsp3) is 0.643. The molecule has 5 N–H and O–H groups in total. The number of nitrogens with zero attached hydrogens (tertiary/aromatic N) is 1. The van der Waals surface area contributed by atoms with Gasteiger partial charge in [-0.05, 0) is 51.3 Å². The van der Waals surface area contributed by atoms with Gasteiger partial charge in [-0.15, -0.1) is 0 Å². The zero-order chi connectivity index (χ0) is 28.7. The van der Waals surface area contributed by atoms with Crippen LogP contribution in [0.15, 0.2) is 24.3 Å². The van der Waals surface area contributed by atoms with E-state index < -0.39 is 42.0 Å². The number of phenolic OH excluding ortho intramolecular Hbond substituents is 1. The highest BCUT2D eigenvalue weighted by Gasteiger charge is 2.36. The minimum atomic E-state index is -1.32. The van der Waals surface area contributed by atoms with Gasteiger partial charge in [-0.2, -0.15) is 0 Å². The number of amides is 4. The van der Waals surface area contributed by atoms with E-state index in [4.69, 9.17) is 10.5 Å². The van der Waals surface area contributed by atoms with Crippen molar-refractivity contribution in [3.63, 3.8) is 0 Å². The number of primary amides is 1. The zero-order valence-corrected chi connectivity index (χ0v) is 23.5. The van der Waals surface area contributed by atoms with Gasteiger partial charge in [-0.25, -0.2) is 4.79 Å². The standard InChI is InChI=1S/C28H46N4O6/c1-6-8-10-12-18-32(26(36)22(19-23(29)34)31-27(37)38-28(3,4)5)24(20-13-15-21(33)16-14-20)25(35)30-17-11-9-7-2/h13-16,22,24,33H,6-12,17-19H2,1-5H3,(H2,29,34)(H,30,35)(H,31,37). The molecule has 0 bridgehead atoms. The lowest BCUT2D eigenvalue weighted by Crippen LogP contribution is -2.54. The summed E-state index contributed by atoms with van der Waals surface area (Å²) in [6, 6.07) is 3.71. The Labute approximate surface area is 226 Å². The van der Waals surface area contributed by atoms with Gasteiger partial charge in [0.2, 0.25) is 17.7 Å². The molecule has 0 saturated heterocycles. The second kappa shape index (κ2) is 16.5. The van der Waals surface area contributed by atoms with E-state index in [-0.39, 0.29) is 18.2 Å². The highest BCUT2D eigenvalue weighted by Crippen LogP contribution is 2.26. The molecule has 214 valence electrons.